The second-order valence-electron chi connectivity index (χ2n) is 7.96. The van der Waals surface area contributed by atoms with Gasteiger partial charge in [-0.05, 0) is 44.0 Å². The number of benzene rings is 2. The van der Waals surface area contributed by atoms with Gasteiger partial charge in [-0.25, -0.2) is 4.39 Å². The van der Waals surface area contributed by atoms with Crippen LogP contribution in [0, 0.1) is 19.7 Å². The Morgan fingerprint density at radius 3 is 2.28 bits per heavy atom. The number of carbonyl (C=O) groups is 3. The average molecular weight is 458 g/mol. The fraction of sp³-hybridized carbons (Fsp3) is 0.375. The number of carbonyl (C=O) groups excluding carboxylic acids is 3. The summed E-state index contributed by atoms with van der Waals surface area (Å²) in [6.07, 6.45) is 0. The summed E-state index contributed by atoms with van der Waals surface area (Å²) >= 11 is 1.13. The molecule has 1 fully saturated rings. The summed E-state index contributed by atoms with van der Waals surface area (Å²) in [5.41, 5.74) is 3.22. The van der Waals surface area contributed by atoms with Gasteiger partial charge in [0.1, 0.15) is 5.82 Å². The first kappa shape index (κ1) is 23.9. The van der Waals surface area contributed by atoms with Crippen molar-refractivity contribution < 1.29 is 18.8 Å². The van der Waals surface area contributed by atoms with Gasteiger partial charge in [-0.2, -0.15) is 0 Å². The van der Waals surface area contributed by atoms with E-state index in [4.69, 9.17) is 0 Å². The van der Waals surface area contributed by atoms with Crippen molar-refractivity contribution in [3.05, 3.63) is 58.9 Å². The van der Waals surface area contributed by atoms with Gasteiger partial charge in [0.05, 0.1) is 12.3 Å². The molecule has 3 rings (SSSR count). The van der Waals surface area contributed by atoms with Crippen LogP contribution in [0.5, 0.6) is 0 Å². The molecule has 6 nitrogen and oxygen atoms in total. The number of rotatable bonds is 7. The molecule has 32 heavy (non-hydrogen) atoms. The second kappa shape index (κ2) is 10.7. The lowest BCUT2D eigenvalue weighted by Crippen LogP contribution is -2.50. The maximum absolute atomic E-state index is 14.1. The maximum atomic E-state index is 14.1. The lowest BCUT2D eigenvalue weighted by molar-refractivity contribution is -0.130. The zero-order valence-corrected chi connectivity index (χ0v) is 19.4. The third kappa shape index (κ3) is 6.17. The molecule has 2 amide bonds. The van der Waals surface area contributed by atoms with Gasteiger partial charge in [-0.15, -0.1) is 11.8 Å². The zero-order valence-electron chi connectivity index (χ0n) is 18.6. The Labute approximate surface area is 192 Å². The number of halogens is 1. The van der Waals surface area contributed by atoms with Crippen LogP contribution in [-0.2, 0) is 9.59 Å². The highest BCUT2D eigenvalue weighted by Crippen LogP contribution is 2.24. The first-order chi connectivity index (χ1) is 15.2. The van der Waals surface area contributed by atoms with Gasteiger partial charge in [0, 0.05) is 42.3 Å². The van der Waals surface area contributed by atoms with Crippen LogP contribution in [0.15, 0.2) is 41.3 Å². The van der Waals surface area contributed by atoms with E-state index >= 15 is 0 Å². The maximum Gasteiger partial charge on any atom is 0.238 e. The van der Waals surface area contributed by atoms with E-state index in [0.29, 0.717) is 36.6 Å². The largest absolute Gasteiger partial charge is 0.339 e. The number of aryl methyl sites for hydroxylation is 2. The minimum Gasteiger partial charge on any atom is -0.339 e. The number of amides is 2. The number of nitrogens with zero attached hydrogens (tertiary/aromatic N) is 2. The molecule has 0 bridgehead atoms. The molecular weight excluding hydrogens is 429 g/mol. The highest BCUT2D eigenvalue weighted by molar-refractivity contribution is 8.00. The van der Waals surface area contributed by atoms with Crippen molar-refractivity contribution in [3.8, 4) is 0 Å². The van der Waals surface area contributed by atoms with Crippen molar-refractivity contribution in [1.82, 2.24) is 9.80 Å². The summed E-state index contributed by atoms with van der Waals surface area (Å²) < 4.78 is 14.1. The summed E-state index contributed by atoms with van der Waals surface area (Å²) in [5.74, 6) is -0.692. The fourth-order valence-electron chi connectivity index (χ4n) is 3.62. The molecule has 0 unspecified atom stereocenters. The minimum atomic E-state index is -0.491. The first-order valence-corrected chi connectivity index (χ1v) is 11.5. The first-order valence-electron chi connectivity index (χ1n) is 10.5. The smallest absolute Gasteiger partial charge is 0.238 e. The number of nitrogens with one attached hydrogen (secondary N) is 1. The van der Waals surface area contributed by atoms with Crippen LogP contribution in [0.2, 0.25) is 0 Å². The van der Waals surface area contributed by atoms with Crippen molar-refractivity contribution in [2.75, 3.05) is 43.8 Å². The molecule has 170 valence electrons. The Kier molecular flexibility index (Phi) is 8.04. The topological polar surface area (TPSA) is 69.7 Å². The Morgan fingerprint density at radius 1 is 1.03 bits per heavy atom. The van der Waals surface area contributed by atoms with Crippen LogP contribution in [0.4, 0.5) is 10.1 Å². The third-order valence-corrected chi connectivity index (χ3v) is 6.56. The van der Waals surface area contributed by atoms with Gasteiger partial charge in [0.2, 0.25) is 11.8 Å². The molecule has 0 radical (unpaired) electrons. The molecule has 0 spiro atoms. The SMILES string of the molecule is CC(=O)c1ccc(SCC(=O)N2CCN(CC(=O)Nc3c(C)cccc3C)CC2)c(F)c1. The quantitative estimate of drug-likeness (QED) is 0.509. The predicted molar refractivity (Wildman–Crippen MR) is 125 cm³/mol. The molecule has 0 atom stereocenters. The monoisotopic (exact) mass is 457 g/mol. The number of thioether (sulfide) groups is 1. The molecule has 2 aromatic rings. The van der Waals surface area contributed by atoms with Crippen LogP contribution >= 0.6 is 11.8 Å². The zero-order chi connectivity index (χ0) is 23.3. The summed E-state index contributed by atoms with van der Waals surface area (Å²) in [6.45, 7) is 7.87. The lowest BCUT2D eigenvalue weighted by atomic mass is 10.1. The molecule has 1 aliphatic heterocycles. The van der Waals surface area contributed by atoms with E-state index in [1.807, 2.05) is 36.9 Å². The van der Waals surface area contributed by atoms with Crippen molar-refractivity contribution in [1.29, 1.82) is 0 Å². The molecule has 0 saturated carbocycles. The number of ketones is 1. The van der Waals surface area contributed by atoms with Crippen molar-refractivity contribution in [3.63, 3.8) is 0 Å². The van der Waals surface area contributed by atoms with E-state index in [-0.39, 0.29) is 29.9 Å². The summed E-state index contributed by atoms with van der Waals surface area (Å²) in [6, 6.07) is 10.2. The van der Waals surface area contributed by atoms with E-state index in [0.717, 1.165) is 28.6 Å². The van der Waals surface area contributed by atoms with Crippen LogP contribution in [0.3, 0.4) is 0 Å². The Balaban J connectivity index is 1.44. The molecule has 0 aliphatic carbocycles. The van der Waals surface area contributed by atoms with Crippen molar-refractivity contribution in [2.45, 2.75) is 25.7 Å². The van der Waals surface area contributed by atoms with Gasteiger partial charge < -0.3 is 10.2 Å². The number of piperazine rings is 1. The molecule has 8 heteroatoms. The molecular formula is C24H28FN3O3S. The van der Waals surface area contributed by atoms with Crippen LogP contribution in [0.25, 0.3) is 0 Å². The van der Waals surface area contributed by atoms with E-state index in [1.165, 1.54) is 19.1 Å². The van der Waals surface area contributed by atoms with E-state index in [9.17, 15) is 18.8 Å². The second-order valence-corrected chi connectivity index (χ2v) is 8.98. The highest BCUT2D eigenvalue weighted by Gasteiger charge is 2.23. The molecule has 2 aromatic carbocycles. The number of hydrogen-bond acceptors (Lipinski definition) is 5. The highest BCUT2D eigenvalue weighted by atomic mass is 32.2. The minimum absolute atomic E-state index is 0.0651. The molecule has 0 aromatic heterocycles. The summed E-state index contributed by atoms with van der Waals surface area (Å²) in [7, 11) is 0. The molecule has 1 N–H and O–H groups in total. The van der Waals surface area contributed by atoms with Crippen LogP contribution < -0.4 is 5.32 Å². The van der Waals surface area contributed by atoms with Crippen LogP contribution in [0.1, 0.15) is 28.4 Å². The normalized spacial score (nSPS) is 14.3. The molecule has 1 saturated heterocycles. The lowest BCUT2D eigenvalue weighted by Gasteiger charge is -2.34. The fourth-order valence-corrected chi connectivity index (χ4v) is 4.44. The standard InChI is InChI=1S/C24H28FN3O3S/c1-16-5-4-6-17(2)24(16)26-22(30)14-27-9-11-28(12-10-27)23(31)15-32-21-8-7-19(18(3)29)13-20(21)25/h4-8,13H,9-12,14-15H2,1-3H3,(H,26,30). The van der Waals surface area contributed by atoms with Gasteiger partial charge >= 0.3 is 0 Å². The number of Topliss-reactive ketones (excluding diaryl/α,β-unsaturated/α-hetero) is 1. The predicted octanol–water partition coefficient (Wildman–Crippen LogP) is 3.52. The van der Waals surface area contributed by atoms with Crippen LogP contribution in [-0.4, -0.2) is 65.9 Å². The Bertz CT molecular complexity index is 999. The Morgan fingerprint density at radius 2 is 1.69 bits per heavy atom. The summed E-state index contributed by atoms with van der Waals surface area (Å²) in [4.78, 5) is 40.5. The summed E-state index contributed by atoms with van der Waals surface area (Å²) in [5, 5.41) is 2.99. The van der Waals surface area contributed by atoms with Gasteiger partial charge in [0.15, 0.2) is 5.78 Å². The third-order valence-electron chi connectivity index (χ3n) is 5.53. The number of para-hydroxylation sites is 1. The van der Waals surface area contributed by atoms with Gasteiger partial charge in [0.25, 0.3) is 0 Å². The molecule has 1 heterocycles. The number of hydrogen-bond donors (Lipinski definition) is 1. The molecule has 1 aliphatic rings. The van der Waals surface area contributed by atoms with E-state index in [2.05, 4.69) is 5.32 Å². The van der Waals surface area contributed by atoms with E-state index in [1.54, 1.807) is 11.0 Å². The number of anilines is 1. The van der Waals surface area contributed by atoms with Crippen molar-refractivity contribution in [2.24, 2.45) is 0 Å². The van der Waals surface area contributed by atoms with E-state index < -0.39 is 5.82 Å². The average Bonchev–Trinajstić information content (AvgIpc) is 2.75. The van der Waals surface area contributed by atoms with Gasteiger partial charge in [-0.3, -0.25) is 19.3 Å². The van der Waals surface area contributed by atoms with Gasteiger partial charge in [-0.1, -0.05) is 24.3 Å². The Hall–Kier alpha value is -2.71. The van der Waals surface area contributed by atoms with Crippen molar-refractivity contribution >= 4 is 35.0 Å².